The van der Waals surface area contributed by atoms with Crippen molar-refractivity contribution in [3.05, 3.63) is 75.3 Å². The molecule has 0 spiro atoms. The SMILES string of the molecule is CCc1ccc(/C=N\n2c(COc3cc(C)cc(C)c3)n[nH]c2=S)cc1. The van der Waals surface area contributed by atoms with Gasteiger partial charge in [-0.3, -0.25) is 0 Å². The van der Waals surface area contributed by atoms with Gasteiger partial charge in [0.1, 0.15) is 12.4 Å². The molecule has 26 heavy (non-hydrogen) atoms. The van der Waals surface area contributed by atoms with Crippen LogP contribution in [0.2, 0.25) is 0 Å². The van der Waals surface area contributed by atoms with E-state index < -0.39 is 0 Å². The Morgan fingerprint density at radius 1 is 1.15 bits per heavy atom. The van der Waals surface area contributed by atoms with Gasteiger partial charge in [0.15, 0.2) is 5.82 Å². The monoisotopic (exact) mass is 366 g/mol. The fourth-order valence-corrected chi connectivity index (χ4v) is 2.86. The van der Waals surface area contributed by atoms with E-state index in [1.54, 1.807) is 10.9 Å². The Kier molecular flexibility index (Phi) is 5.63. The summed E-state index contributed by atoms with van der Waals surface area (Å²) < 4.78 is 7.89. The van der Waals surface area contributed by atoms with Crippen LogP contribution in [0.4, 0.5) is 0 Å². The number of benzene rings is 2. The molecule has 0 bridgehead atoms. The molecule has 0 atom stereocenters. The number of rotatable bonds is 6. The van der Waals surface area contributed by atoms with Crippen molar-refractivity contribution in [3.63, 3.8) is 0 Å². The summed E-state index contributed by atoms with van der Waals surface area (Å²) in [6.07, 6.45) is 2.79. The topological polar surface area (TPSA) is 55.2 Å². The molecular weight excluding hydrogens is 344 g/mol. The highest BCUT2D eigenvalue weighted by molar-refractivity contribution is 7.71. The maximum atomic E-state index is 5.87. The predicted octanol–water partition coefficient (Wildman–Crippen LogP) is 4.58. The molecule has 3 aromatic rings. The van der Waals surface area contributed by atoms with Crippen LogP contribution in [0.25, 0.3) is 0 Å². The number of aryl methyl sites for hydroxylation is 3. The second kappa shape index (κ2) is 8.10. The first-order valence-corrected chi connectivity index (χ1v) is 8.96. The highest BCUT2D eigenvalue weighted by atomic mass is 32.1. The van der Waals surface area contributed by atoms with E-state index in [1.807, 2.05) is 38.1 Å². The van der Waals surface area contributed by atoms with Crippen molar-refractivity contribution in [1.82, 2.24) is 14.9 Å². The summed E-state index contributed by atoms with van der Waals surface area (Å²) >= 11 is 5.28. The van der Waals surface area contributed by atoms with Gasteiger partial charge >= 0.3 is 0 Å². The van der Waals surface area contributed by atoms with Crippen molar-refractivity contribution in [2.45, 2.75) is 33.8 Å². The molecule has 0 amide bonds. The van der Waals surface area contributed by atoms with Crippen LogP contribution in [-0.2, 0) is 13.0 Å². The van der Waals surface area contributed by atoms with Crippen molar-refractivity contribution in [2.24, 2.45) is 5.10 Å². The minimum atomic E-state index is 0.280. The van der Waals surface area contributed by atoms with E-state index in [4.69, 9.17) is 17.0 Å². The molecule has 0 aliphatic rings. The lowest BCUT2D eigenvalue weighted by Gasteiger charge is -2.07. The van der Waals surface area contributed by atoms with Crippen LogP contribution in [0.3, 0.4) is 0 Å². The van der Waals surface area contributed by atoms with E-state index in [1.165, 1.54) is 5.56 Å². The summed E-state index contributed by atoms with van der Waals surface area (Å²) in [4.78, 5) is 0. The van der Waals surface area contributed by atoms with E-state index in [-0.39, 0.29) is 6.61 Å². The molecule has 1 heterocycles. The van der Waals surface area contributed by atoms with Gasteiger partial charge in [-0.15, -0.1) is 0 Å². The summed E-state index contributed by atoms with van der Waals surface area (Å²) in [6.45, 7) is 6.51. The lowest BCUT2D eigenvalue weighted by atomic mass is 10.1. The van der Waals surface area contributed by atoms with Gasteiger partial charge in [-0.05, 0) is 66.9 Å². The average Bonchev–Trinajstić information content (AvgIpc) is 2.97. The van der Waals surface area contributed by atoms with Gasteiger partial charge < -0.3 is 4.74 Å². The minimum Gasteiger partial charge on any atom is -0.486 e. The number of aromatic amines is 1. The van der Waals surface area contributed by atoms with E-state index in [2.05, 4.69) is 40.4 Å². The fraction of sp³-hybridized carbons (Fsp3) is 0.250. The van der Waals surface area contributed by atoms with E-state index in [0.717, 1.165) is 28.9 Å². The van der Waals surface area contributed by atoms with Crippen molar-refractivity contribution in [3.8, 4) is 5.75 Å². The first-order valence-electron chi connectivity index (χ1n) is 8.56. The number of nitrogens with zero attached hydrogens (tertiary/aromatic N) is 3. The Morgan fingerprint density at radius 3 is 2.50 bits per heavy atom. The number of hydrogen-bond donors (Lipinski definition) is 1. The highest BCUT2D eigenvalue weighted by Crippen LogP contribution is 2.17. The van der Waals surface area contributed by atoms with Gasteiger partial charge in [0.25, 0.3) is 0 Å². The van der Waals surface area contributed by atoms with Gasteiger partial charge in [0, 0.05) is 0 Å². The Morgan fingerprint density at radius 2 is 1.85 bits per heavy atom. The van der Waals surface area contributed by atoms with Gasteiger partial charge in [-0.25, -0.2) is 5.10 Å². The molecule has 2 aromatic carbocycles. The fourth-order valence-electron chi connectivity index (χ4n) is 2.66. The summed E-state index contributed by atoms with van der Waals surface area (Å²) in [7, 11) is 0. The second-order valence-electron chi connectivity index (χ2n) is 6.21. The van der Waals surface area contributed by atoms with Crippen molar-refractivity contribution in [1.29, 1.82) is 0 Å². The zero-order valence-electron chi connectivity index (χ0n) is 15.2. The van der Waals surface area contributed by atoms with Crippen LogP contribution in [0.1, 0.15) is 35.0 Å². The molecule has 134 valence electrons. The summed E-state index contributed by atoms with van der Waals surface area (Å²) in [5, 5.41) is 11.4. The summed E-state index contributed by atoms with van der Waals surface area (Å²) in [5.41, 5.74) is 4.62. The van der Waals surface area contributed by atoms with Gasteiger partial charge in [-0.1, -0.05) is 37.3 Å². The number of hydrogen-bond acceptors (Lipinski definition) is 4. The van der Waals surface area contributed by atoms with E-state index in [9.17, 15) is 0 Å². The number of H-pyrrole nitrogens is 1. The highest BCUT2D eigenvalue weighted by Gasteiger charge is 2.07. The molecule has 0 saturated heterocycles. The van der Waals surface area contributed by atoms with Crippen molar-refractivity contribution in [2.75, 3.05) is 0 Å². The number of ether oxygens (including phenoxy) is 1. The summed E-state index contributed by atoms with van der Waals surface area (Å²) in [6, 6.07) is 14.4. The largest absolute Gasteiger partial charge is 0.486 e. The molecule has 3 rings (SSSR count). The zero-order chi connectivity index (χ0) is 18.5. The number of aromatic nitrogens is 3. The van der Waals surface area contributed by atoms with Crippen LogP contribution in [-0.4, -0.2) is 21.1 Å². The third kappa shape index (κ3) is 4.46. The molecule has 0 fully saturated rings. The molecule has 0 saturated carbocycles. The molecule has 5 nitrogen and oxygen atoms in total. The molecule has 0 unspecified atom stereocenters. The summed E-state index contributed by atoms with van der Waals surface area (Å²) in [5.74, 6) is 1.43. The Hall–Kier alpha value is -2.73. The molecular formula is C20H22N4OS. The quantitative estimate of drug-likeness (QED) is 0.513. The van der Waals surface area contributed by atoms with Crippen molar-refractivity contribution < 1.29 is 4.74 Å². The van der Waals surface area contributed by atoms with Crippen LogP contribution in [0, 0.1) is 18.6 Å². The first kappa shape index (κ1) is 18.1. The normalized spacial score (nSPS) is 11.2. The van der Waals surface area contributed by atoms with Crippen LogP contribution in [0.15, 0.2) is 47.6 Å². The lowest BCUT2D eigenvalue weighted by molar-refractivity contribution is 0.290. The standard InChI is InChI=1S/C20H22N4OS/c1-4-16-5-7-17(8-6-16)12-21-24-19(22-23-20(24)26)13-25-18-10-14(2)9-15(3)11-18/h5-12H,4,13H2,1-3H3,(H,23,26)/b21-12-. The van der Waals surface area contributed by atoms with Crippen LogP contribution >= 0.6 is 12.2 Å². The third-order valence-electron chi connectivity index (χ3n) is 3.99. The predicted molar refractivity (Wildman–Crippen MR) is 106 cm³/mol. The van der Waals surface area contributed by atoms with E-state index >= 15 is 0 Å². The smallest absolute Gasteiger partial charge is 0.216 e. The molecule has 0 aliphatic heterocycles. The lowest BCUT2D eigenvalue weighted by Crippen LogP contribution is -2.04. The Labute approximate surface area is 158 Å². The second-order valence-corrected chi connectivity index (χ2v) is 6.60. The van der Waals surface area contributed by atoms with Gasteiger partial charge in [0.05, 0.1) is 6.21 Å². The Balaban J connectivity index is 1.75. The molecule has 1 N–H and O–H groups in total. The van der Waals surface area contributed by atoms with Crippen LogP contribution < -0.4 is 4.74 Å². The molecule has 6 heteroatoms. The minimum absolute atomic E-state index is 0.280. The van der Waals surface area contributed by atoms with Crippen molar-refractivity contribution >= 4 is 18.4 Å². The van der Waals surface area contributed by atoms with Gasteiger partial charge in [0.2, 0.25) is 4.77 Å². The van der Waals surface area contributed by atoms with E-state index in [0.29, 0.717) is 10.6 Å². The first-order chi connectivity index (χ1) is 12.5. The Bertz CT molecular complexity index is 950. The maximum Gasteiger partial charge on any atom is 0.216 e. The molecule has 0 radical (unpaired) electrons. The maximum absolute atomic E-state index is 5.87. The molecule has 0 aliphatic carbocycles. The van der Waals surface area contributed by atoms with Gasteiger partial charge in [-0.2, -0.15) is 14.9 Å². The molecule has 1 aromatic heterocycles. The average molecular weight is 366 g/mol. The number of nitrogens with one attached hydrogen (secondary N) is 1. The zero-order valence-corrected chi connectivity index (χ0v) is 16.0. The van der Waals surface area contributed by atoms with Crippen LogP contribution in [0.5, 0.6) is 5.75 Å². The third-order valence-corrected chi connectivity index (χ3v) is 4.26.